The Morgan fingerprint density at radius 1 is 1.04 bits per heavy atom. The van der Waals surface area contributed by atoms with Crippen molar-refractivity contribution in [2.24, 2.45) is 0 Å². The zero-order chi connectivity index (χ0) is 19.9. The summed E-state index contributed by atoms with van der Waals surface area (Å²) in [6, 6.07) is 21.4. The van der Waals surface area contributed by atoms with E-state index in [0.29, 0.717) is 13.0 Å². The average molecular weight is 494 g/mol. The van der Waals surface area contributed by atoms with Gasteiger partial charge >= 0.3 is 0 Å². The summed E-state index contributed by atoms with van der Waals surface area (Å²) in [7, 11) is -2.45. The van der Waals surface area contributed by atoms with Crippen LogP contribution in [0.2, 0.25) is 5.04 Å². The molecule has 2 aromatic carbocycles. The summed E-state index contributed by atoms with van der Waals surface area (Å²) in [5, 5.41) is 12.7. The topological polar surface area (TPSA) is 29.5 Å². The number of halogens is 1. The Bertz CT molecular complexity index is 671. The molecule has 0 bridgehead atoms. The van der Waals surface area contributed by atoms with Crippen molar-refractivity contribution in [2.75, 3.05) is 6.61 Å². The molecule has 0 unspecified atom stereocenters. The van der Waals surface area contributed by atoms with Gasteiger partial charge in [0.05, 0.1) is 6.10 Å². The molecular formula is C23H31IO2Si. The quantitative estimate of drug-likeness (QED) is 0.301. The predicted octanol–water partition coefficient (Wildman–Crippen LogP) is 5.04. The molecule has 0 aromatic heterocycles. The van der Waals surface area contributed by atoms with Crippen molar-refractivity contribution in [3.63, 3.8) is 0 Å². The van der Waals surface area contributed by atoms with Crippen LogP contribution in [0.4, 0.5) is 0 Å². The van der Waals surface area contributed by atoms with E-state index in [1.54, 1.807) is 0 Å². The molecule has 0 saturated carbocycles. The highest BCUT2D eigenvalue weighted by Crippen LogP contribution is 2.36. The molecule has 0 heterocycles. The van der Waals surface area contributed by atoms with Gasteiger partial charge in [0.1, 0.15) is 0 Å². The van der Waals surface area contributed by atoms with Crippen molar-refractivity contribution in [1.29, 1.82) is 0 Å². The van der Waals surface area contributed by atoms with Crippen molar-refractivity contribution < 1.29 is 9.53 Å². The average Bonchev–Trinajstić information content (AvgIpc) is 2.61. The Kier molecular flexibility index (Phi) is 8.28. The van der Waals surface area contributed by atoms with Gasteiger partial charge in [-0.25, -0.2) is 0 Å². The molecule has 2 rings (SSSR count). The SMILES string of the molecule is C=C(I)C[C@H](O)CCCO[Si](c1ccccc1)(c1ccccc1)C(C)(C)C. The van der Waals surface area contributed by atoms with Crippen LogP contribution in [0.15, 0.2) is 70.8 Å². The second kappa shape index (κ2) is 10.0. The Balaban J connectivity index is 2.29. The summed E-state index contributed by atoms with van der Waals surface area (Å²) in [5.41, 5.74) is 0. The van der Waals surface area contributed by atoms with Gasteiger partial charge in [0.25, 0.3) is 8.32 Å². The maximum absolute atomic E-state index is 10.1. The minimum atomic E-state index is -2.45. The van der Waals surface area contributed by atoms with Crippen LogP contribution in [0.3, 0.4) is 0 Å². The number of hydrogen-bond acceptors (Lipinski definition) is 2. The molecule has 146 valence electrons. The largest absolute Gasteiger partial charge is 0.407 e. The number of hydrogen-bond donors (Lipinski definition) is 1. The van der Waals surface area contributed by atoms with Gasteiger partial charge in [0.15, 0.2) is 0 Å². The van der Waals surface area contributed by atoms with Crippen LogP contribution in [-0.2, 0) is 4.43 Å². The maximum Gasteiger partial charge on any atom is 0.261 e. The van der Waals surface area contributed by atoms with E-state index in [0.717, 1.165) is 16.4 Å². The molecule has 0 amide bonds. The second-order valence-electron chi connectivity index (χ2n) is 8.03. The smallest absolute Gasteiger partial charge is 0.261 e. The predicted molar refractivity (Wildman–Crippen MR) is 127 cm³/mol. The number of aliphatic hydroxyl groups excluding tert-OH is 1. The van der Waals surface area contributed by atoms with Crippen molar-refractivity contribution in [3.8, 4) is 0 Å². The Hall–Kier alpha value is -0.953. The fourth-order valence-electron chi connectivity index (χ4n) is 3.66. The van der Waals surface area contributed by atoms with Crippen LogP contribution in [0.25, 0.3) is 0 Å². The molecule has 2 aromatic rings. The number of aliphatic hydroxyl groups is 1. The minimum absolute atomic E-state index is 0.00911. The minimum Gasteiger partial charge on any atom is -0.407 e. The molecule has 0 saturated heterocycles. The first kappa shape index (κ1) is 22.3. The van der Waals surface area contributed by atoms with Gasteiger partial charge in [-0.05, 0) is 54.4 Å². The standard InChI is InChI=1S/C23H31IO2Si/c1-19(24)18-20(25)12-11-17-26-27(23(2,3)4,21-13-7-5-8-14-21)22-15-9-6-10-16-22/h5-10,13-16,20,25H,1,11-12,17-18H2,2-4H3/t20-/m1/s1. The lowest BCUT2D eigenvalue weighted by Gasteiger charge is -2.43. The third kappa shape index (κ3) is 5.76. The monoisotopic (exact) mass is 494 g/mol. The maximum atomic E-state index is 10.1. The molecule has 0 spiro atoms. The lowest BCUT2D eigenvalue weighted by molar-refractivity contribution is 0.154. The van der Waals surface area contributed by atoms with Gasteiger partial charge in [-0.3, -0.25) is 0 Å². The summed E-state index contributed by atoms with van der Waals surface area (Å²) in [5.74, 6) is 0. The summed E-state index contributed by atoms with van der Waals surface area (Å²) < 4.78 is 7.82. The van der Waals surface area contributed by atoms with E-state index in [4.69, 9.17) is 4.43 Å². The highest BCUT2D eigenvalue weighted by molar-refractivity contribution is 14.1. The summed E-state index contributed by atoms with van der Waals surface area (Å²) >= 11 is 2.18. The summed E-state index contributed by atoms with van der Waals surface area (Å²) in [6.07, 6.45) is 1.90. The zero-order valence-electron chi connectivity index (χ0n) is 16.6. The van der Waals surface area contributed by atoms with Gasteiger partial charge < -0.3 is 9.53 Å². The molecule has 4 heteroatoms. The van der Waals surface area contributed by atoms with Crippen LogP contribution in [0.1, 0.15) is 40.0 Å². The van der Waals surface area contributed by atoms with E-state index in [1.807, 2.05) is 0 Å². The molecule has 27 heavy (non-hydrogen) atoms. The van der Waals surface area contributed by atoms with E-state index in [2.05, 4.69) is 111 Å². The van der Waals surface area contributed by atoms with Crippen LogP contribution < -0.4 is 10.4 Å². The Labute approximate surface area is 178 Å². The second-order valence-corrected chi connectivity index (χ2v) is 13.9. The Morgan fingerprint density at radius 2 is 1.52 bits per heavy atom. The van der Waals surface area contributed by atoms with Crippen molar-refractivity contribution in [1.82, 2.24) is 0 Å². The van der Waals surface area contributed by atoms with E-state index in [9.17, 15) is 5.11 Å². The van der Waals surface area contributed by atoms with Crippen LogP contribution in [0, 0.1) is 0 Å². The molecule has 0 aliphatic heterocycles. The number of rotatable bonds is 9. The zero-order valence-corrected chi connectivity index (χ0v) is 19.8. The lowest BCUT2D eigenvalue weighted by Crippen LogP contribution is -2.66. The van der Waals surface area contributed by atoms with Gasteiger partial charge in [-0.15, -0.1) is 0 Å². The lowest BCUT2D eigenvalue weighted by atomic mass is 10.1. The van der Waals surface area contributed by atoms with Gasteiger partial charge in [0, 0.05) is 13.0 Å². The molecule has 1 atom stereocenters. The van der Waals surface area contributed by atoms with Crippen molar-refractivity contribution >= 4 is 41.3 Å². The molecule has 0 aliphatic carbocycles. The van der Waals surface area contributed by atoms with E-state index >= 15 is 0 Å². The van der Waals surface area contributed by atoms with E-state index < -0.39 is 8.32 Å². The molecule has 0 aliphatic rings. The van der Waals surface area contributed by atoms with E-state index in [1.165, 1.54) is 10.4 Å². The molecular weight excluding hydrogens is 463 g/mol. The molecule has 2 nitrogen and oxygen atoms in total. The summed E-state index contributed by atoms with van der Waals surface area (Å²) in [6.45, 7) is 11.4. The van der Waals surface area contributed by atoms with Crippen molar-refractivity contribution in [2.45, 2.75) is 51.2 Å². The van der Waals surface area contributed by atoms with Crippen molar-refractivity contribution in [3.05, 3.63) is 70.8 Å². The van der Waals surface area contributed by atoms with Gasteiger partial charge in [0.2, 0.25) is 0 Å². The van der Waals surface area contributed by atoms with Crippen LogP contribution in [-0.4, -0.2) is 26.1 Å². The Morgan fingerprint density at radius 3 is 1.93 bits per heavy atom. The normalized spacial score (nSPS) is 13.4. The number of benzene rings is 2. The van der Waals surface area contributed by atoms with E-state index in [-0.39, 0.29) is 11.1 Å². The fourth-order valence-corrected chi connectivity index (χ4v) is 8.78. The third-order valence-corrected chi connectivity index (χ3v) is 10.4. The highest BCUT2D eigenvalue weighted by atomic mass is 127. The van der Waals surface area contributed by atoms with Crippen LogP contribution in [0.5, 0.6) is 0 Å². The van der Waals surface area contributed by atoms with Gasteiger partial charge in [-0.2, -0.15) is 0 Å². The van der Waals surface area contributed by atoms with Crippen LogP contribution >= 0.6 is 22.6 Å². The first-order chi connectivity index (χ1) is 12.8. The van der Waals surface area contributed by atoms with Gasteiger partial charge in [-0.1, -0.05) is 88.0 Å². The molecule has 0 radical (unpaired) electrons. The summed E-state index contributed by atoms with van der Waals surface area (Å²) in [4.78, 5) is 0. The molecule has 0 fully saturated rings. The molecule has 1 N–H and O–H groups in total. The fraction of sp³-hybridized carbons (Fsp3) is 0.391. The third-order valence-electron chi connectivity index (χ3n) is 4.87. The highest BCUT2D eigenvalue weighted by Gasteiger charge is 2.49. The first-order valence-electron chi connectivity index (χ1n) is 9.53. The first-order valence-corrected chi connectivity index (χ1v) is 12.5.